The van der Waals surface area contributed by atoms with Crippen LogP contribution in [-0.4, -0.2) is 19.8 Å². The zero-order chi connectivity index (χ0) is 14.8. The first kappa shape index (κ1) is 27.5. The van der Waals surface area contributed by atoms with Crippen molar-refractivity contribution in [1.82, 2.24) is 0 Å². The normalized spacial score (nSPS) is 9.26. The summed E-state index contributed by atoms with van der Waals surface area (Å²) in [4.78, 5) is 0. The minimum absolute atomic E-state index is 0. The van der Waals surface area contributed by atoms with E-state index in [1.54, 1.807) is 20.8 Å². The molecule has 0 spiro atoms. The molecule has 110 valence electrons. The van der Waals surface area contributed by atoms with E-state index in [4.69, 9.17) is 15.3 Å². The van der Waals surface area contributed by atoms with Gasteiger partial charge in [-0.05, 0) is 0 Å². The van der Waals surface area contributed by atoms with E-state index in [2.05, 4.69) is 38.1 Å². The van der Waals surface area contributed by atoms with Crippen molar-refractivity contribution in [3.05, 3.63) is 29.8 Å². The van der Waals surface area contributed by atoms with Crippen LogP contribution in [0.1, 0.15) is 52.5 Å². The summed E-state index contributed by atoms with van der Waals surface area (Å²) in [7, 11) is 0. The Morgan fingerprint density at radius 2 is 1.11 bits per heavy atom. The van der Waals surface area contributed by atoms with Crippen LogP contribution in [0.5, 0.6) is 0 Å². The van der Waals surface area contributed by atoms with Gasteiger partial charge in [0.15, 0.2) is 0 Å². The summed E-state index contributed by atoms with van der Waals surface area (Å²) >= 11 is 0. The molecule has 1 rings (SSSR count). The largest absolute Gasteiger partial charge is 4.00 e. The van der Waals surface area contributed by atoms with Crippen molar-refractivity contribution in [3.63, 3.8) is 0 Å². The fraction of sp³-hybridized carbons (Fsp3) is 0.667. The molecular formula is C15H28O3Zr. The molecular weight excluding hydrogens is 319 g/mol. The van der Waals surface area contributed by atoms with Crippen LogP contribution in [0.2, 0.25) is 0 Å². The Bertz CT molecular complexity index is 196. The quantitative estimate of drug-likeness (QED) is 0.750. The first-order valence-corrected chi connectivity index (χ1v) is 6.55. The molecule has 19 heavy (non-hydrogen) atoms. The second-order valence-corrected chi connectivity index (χ2v) is 3.39. The van der Waals surface area contributed by atoms with Gasteiger partial charge in [0.2, 0.25) is 0 Å². The molecule has 0 aliphatic heterocycles. The Morgan fingerprint density at radius 1 is 0.842 bits per heavy atom. The van der Waals surface area contributed by atoms with Gasteiger partial charge in [-0.25, -0.2) is 12.1 Å². The van der Waals surface area contributed by atoms with E-state index in [0.29, 0.717) is 0 Å². The Balaban J connectivity index is -0.0000000956. The van der Waals surface area contributed by atoms with Gasteiger partial charge < -0.3 is 15.3 Å². The molecule has 0 aliphatic carbocycles. The summed E-state index contributed by atoms with van der Waals surface area (Å²) in [6.45, 7) is 9.19. The molecule has 0 heterocycles. The summed E-state index contributed by atoms with van der Waals surface area (Å²) in [6, 6.07) is 8.57. The molecule has 0 N–H and O–H groups in total. The maximum atomic E-state index is 8.93. The third kappa shape index (κ3) is 27.3. The van der Waals surface area contributed by atoms with E-state index in [1.165, 1.54) is 12.0 Å². The zero-order valence-corrected chi connectivity index (χ0v) is 15.4. The summed E-state index contributed by atoms with van der Waals surface area (Å²) in [6.07, 6.45) is 1.24. The SMILES string of the molecule is CCC(C)[c-]1cccc1.CC[O-].CC[O-].CC[O-].[Zr+4]. The van der Waals surface area contributed by atoms with E-state index in [1.807, 2.05) is 0 Å². The molecule has 0 amide bonds. The topological polar surface area (TPSA) is 69.2 Å². The van der Waals surface area contributed by atoms with Crippen LogP contribution in [0.15, 0.2) is 24.3 Å². The fourth-order valence-corrected chi connectivity index (χ4v) is 0.953. The van der Waals surface area contributed by atoms with E-state index < -0.39 is 0 Å². The summed E-state index contributed by atoms with van der Waals surface area (Å²) < 4.78 is 0. The summed E-state index contributed by atoms with van der Waals surface area (Å²) in [5.41, 5.74) is 1.47. The molecule has 0 radical (unpaired) electrons. The van der Waals surface area contributed by atoms with Gasteiger partial charge in [0, 0.05) is 0 Å². The number of hydrogen-bond donors (Lipinski definition) is 0. The first-order valence-electron chi connectivity index (χ1n) is 6.55. The van der Waals surface area contributed by atoms with Crippen LogP contribution in [0.4, 0.5) is 0 Å². The number of hydrogen-bond acceptors (Lipinski definition) is 3. The van der Waals surface area contributed by atoms with Crippen molar-refractivity contribution in [2.24, 2.45) is 0 Å². The zero-order valence-electron chi connectivity index (χ0n) is 12.9. The Morgan fingerprint density at radius 3 is 1.32 bits per heavy atom. The second-order valence-electron chi connectivity index (χ2n) is 3.39. The molecule has 4 heteroatoms. The molecule has 0 bridgehead atoms. The van der Waals surface area contributed by atoms with Crippen molar-refractivity contribution >= 4 is 0 Å². The van der Waals surface area contributed by atoms with Gasteiger partial charge in [0.25, 0.3) is 0 Å². The number of rotatable bonds is 2. The Labute approximate surface area is 138 Å². The van der Waals surface area contributed by atoms with Gasteiger partial charge in [-0.3, -0.25) is 0 Å². The minimum atomic E-state index is 0. The average Bonchev–Trinajstić information content (AvgIpc) is 2.85. The molecule has 1 aromatic rings. The van der Waals surface area contributed by atoms with E-state index in [9.17, 15) is 0 Å². The maximum Gasteiger partial charge on any atom is 4.00 e. The molecule has 3 nitrogen and oxygen atoms in total. The average molecular weight is 348 g/mol. The molecule has 1 aromatic carbocycles. The smallest absolute Gasteiger partial charge is 0.855 e. The molecule has 0 saturated heterocycles. The minimum Gasteiger partial charge on any atom is -0.855 e. The third-order valence-electron chi connectivity index (χ3n) is 1.87. The van der Waals surface area contributed by atoms with Crippen molar-refractivity contribution in [1.29, 1.82) is 0 Å². The van der Waals surface area contributed by atoms with Crippen LogP contribution in [0.25, 0.3) is 0 Å². The predicted octanol–water partition coefficient (Wildman–Crippen LogP) is 1.02. The third-order valence-corrected chi connectivity index (χ3v) is 1.87. The molecule has 0 saturated carbocycles. The van der Waals surface area contributed by atoms with Crippen LogP contribution in [-0.2, 0) is 26.2 Å². The molecule has 1 atom stereocenters. The van der Waals surface area contributed by atoms with Crippen LogP contribution in [0, 0.1) is 0 Å². The van der Waals surface area contributed by atoms with Crippen molar-refractivity contribution in [3.8, 4) is 0 Å². The van der Waals surface area contributed by atoms with E-state index in [-0.39, 0.29) is 46.0 Å². The van der Waals surface area contributed by atoms with Crippen molar-refractivity contribution < 1.29 is 41.5 Å². The monoisotopic (exact) mass is 346 g/mol. The standard InChI is InChI=1S/C9H13.3C2H5O.Zr/c1-3-8(2)9-6-4-5-7-9;3*1-2-3;/h4-8H,3H2,1-2H3;3*2H2,1H3;/q4*-1;+4. The Kier molecular flexibility index (Phi) is 38.5. The van der Waals surface area contributed by atoms with Gasteiger partial charge in [0.1, 0.15) is 0 Å². The van der Waals surface area contributed by atoms with E-state index in [0.717, 1.165) is 5.92 Å². The van der Waals surface area contributed by atoms with Crippen LogP contribution >= 0.6 is 0 Å². The fourth-order valence-electron chi connectivity index (χ4n) is 0.953. The second kappa shape index (κ2) is 26.6. The van der Waals surface area contributed by atoms with Gasteiger partial charge in [-0.15, -0.1) is 19.8 Å². The van der Waals surface area contributed by atoms with Crippen molar-refractivity contribution in [2.45, 2.75) is 47.0 Å². The van der Waals surface area contributed by atoms with Gasteiger partial charge in [0.05, 0.1) is 0 Å². The summed E-state index contributed by atoms with van der Waals surface area (Å²) in [5, 5.41) is 26.8. The maximum absolute atomic E-state index is 8.93. The van der Waals surface area contributed by atoms with Crippen molar-refractivity contribution in [2.75, 3.05) is 19.8 Å². The van der Waals surface area contributed by atoms with Gasteiger partial charge in [-0.1, -0.05) is 47.0 Å². The molecule has 1 unspecified atom stereocenters. The molecule has 0 aromatic heterocycles. The molecule has 0 fully saturated rings. The summed E-state index contributed by atoms with van der Waals surface area (Å²) in [5.74, 6) is 0.736. The predicted molar refractivity (Wildman–Crippen MR) is 72.4 cm³/mol. The Hall–Kier alpha value is 0.113. The van der Waals surface area contributed by atoms with Crippen LogP contribution in [0.3, 0.4) is 0 Å². The van der Waals surface area contributed by atoms with Gasteiger partial charge >= 0.3 is 26.2 Å². The van der Waals surface area contributed by atoms with Gasteiger partial charge in [-0.2, -0.15) is 17.7 Å². The molecule has 0 aliphatic rings. The van der Waals surface area contributed by atoms with Crippen LogP contribution < -0.4 is 15.3 Å². The first-order chi connectivity index (χ1) is 8.59. The van der Waals surface area contributed by atoms with E-state index >= 15 is 0 Å².